The molecule has 0 aliphatic carbocycles. The summed E-state index contributed by atoms with van der Waals surface area (Å²) < 4.78 is 29.5. The summed E-state index contributed by atoms with van der Waals surface area (Å²) in [6.07, 6.45) is 6.62. The number of halogens is 2. The fourth-order valence-electron chi connectivity index (χ4n) is 5.40. The first-order valence-electron chi connectivity index (χ1n) is 14.5. The van der Waals surface area contributed by atoms with Gasteiger partial charge in [0.1, 0.15) is 28.9 Å². The summed E-state index contributed by atoms with van der Waals surface area (Å²) in [6.45, 7) is 10.1. The van der Waals surface area contributed by atoms with Gasteiger partial charge in [-0.25, -0.2) is 0 Å². The maximum atomic E-state index is 13.8. The third kappa shape index (κ3) is 8.50. The van der Waals surface area contributed by atoms with Crippen molar-refractivity contribution in [3.63, 3.8) is 0 Å². The first kappa shape index (κ1) is 33.9. The van der Waals surface area contributed by atoms with Crippen LogP contribution in [0.15, 0.2) is 29.8 Å². The van der Waals surface area contributed by atoms with E-state index in [1.807, 2.05) is 39.8 Å². The minimum Gasteiger partial charge on any atom is -0.496 e. The second kappa shape index (κ2) is 14.3. The highest BCUT2D eigenvalue weighted by molar-refractivity contribution is 6.23. The molecule has 1 aliphatic rings. The Balaban J connectivity index is 2.01. The first-order valence-corrected chi connectivity index (χ1v) is 15.2. The molecule has 0 N–H and O–H groups in total. The molecule has 0 bridgehead atoms. The van der Waals surface area contributed by atoms with Crippen LogP contribution in [0.2, 0.25) is 0 Å². The monoisotopic (exact) mass is 620 g/mol. The third-order valence-corrected chi connectivity index (χ3v) is 8.03. The highest BCUT2D eigenvalue weighted by atomic mass is 35.5. The van der Waals surface area contributed by atoms with Gasteiger partial charge in [-0.3, -0.25) is 4.79 Å². The van der Waals surface area contributed by atoms with Crippen LogP contribution in [-0.2, 0) is 12.8 Å². The molecule has 2 aromatic rings. The zero-order valence-electron chi connectivity index (χ0n) is 26.5. The molecule has 0 aromatic heterocycles. The number of carbonyl (C=O) groups excluding carboxylic acids is 1. The van der Waals surface area contributed by atoms with E-state index in [2.05, 4.69) is 13.0 Å². The van der Waals surface area contributed by atoms with Crippen LogP contribution in [0, 0.1) is 0 Å². The van der Waals surface area contributed by atoms with Crippen LogP contribution in [-0.4, -0.2) is 44.0 Å². The van der Waals surface area contributed by atoms with E-state index in [0.29, 0.717) is 53.6 Å². The smallest absolute Gasteiger partial charge is 0.174 e. The van der Waals surface area contributed by atoms with Crippen molar-refractivity contribution >= 4 is 29.0 Å². The van der Waals surface area contributed by atoms with Crippen molar-refractivity contribution in [2.75, 3.05) is 28.4 Å². The fraction of sp³-hybridized carbons (Fsp3) is 0.559. The van der Waals surface area contributed by atoms with Gasteiger partial charge in [-0.2, -0.15) is 0 Å². The normalized spacial score (nSPS) is 15.6. The molecule has 0 amide bonds. The van der Waals surface area contributed by atoms with Gasteiger partial charge < -0.3 is 23.7 Å². The Labute approximate surface area is 261 Å². The molecule has 0 unspecified atom stereocenters. The number of fused-ring (bicyclic) bond motifs is 1. The Morgan fingerprint density at radius 3 is 2.14 bits per heavy atom. The van der Waals surface area contributed by atoms with Crippen molar-refractivity contribution in [3.05, 3.63) is 52.1 Å². The van der Waals surface area contributed by atoms with Crippen molar-refractivity contribution in [2.45, 2.75) is 95.4 Å². The number of Topliss-reactive ketones (excluding diaryl/α,β-unsaturated/α-hetero) is 1. The molecule has 1 heterocycles. The van der Waals surface area contributed by atoms with Crippen LogP contribution >= 0.6 is 23.2 Å². The van der Waals surface area contributed by atoms with Crippen molar-refractivity contribution in [2.24, 2.45) is 0 Å². The summed E-state index contributed by atoms with van der Waals surface area (Å²) in [5, 5.41) is 0. The Hall–Kier alpha value is -2.57. The van der Waals surface area contributed by atoms with Crippen molar-refractivity contribution in [3.8, 4) is 28.7 Å². The van der Waals surface area contributed by atoms with Gasteiger partial charge in [-0.05, 0) is 79.2 Å². The molecular weight excluding hydrogens is 575 g/mol. The Bertz CT molecular complexity index is 1290. The Morgan fingerprint density at radius 2 is 1.57 bits per heavy atom. The molecule has 0 fully saturated rings. The lowest BCUT2D eigenvalue weighted by molar-refractivity contribution is 0.0842. The SMILES string of the molecule is COc1cc2c(c(OC)c1CCC(C)(C)Cl)C(=O)C[C@@H](c1ccc(OC)c(OC)c1C/C=C(\C)CCCC(C)(C)Cl)O2. The number of rotatable bonds is 14. The molecule has 3 rings (SSSR count). The average Bonchev–Trinajstić information content (AvgIpc) is 2.92. The highest BCUT2D eigenvalue weighted by Crippen LogP contribution is 2.48. The van der Waals surface area contributed by atoms with Crippen molar-refractivity contribution in [1.82, 2.24) is 0 Å². The van der Waals surface area contributed by atoms with Crippen LogP contribution < -0.4 is 23.7 Å². The van der Waals surface area contributed by atoms with E-state index in [-0.39, 0.29) is 17.1 Å². The van der Waals surface area contributed by atoms with E-state index in [0.717, 1.165) is 36.0 Å². The summed E-state index contributed by atoms with van der Waals surface area (Å²) in [5.74, 6) is 2.74. The number of ether oxygens (including phenoxy) is 5. The van der Waals surface area contributed by atoms with Gasteiger partial charge in [0, 0.05) is 32.5 Å². The topological polar surface area (TPSA) is 63.2 Å². The summed E-state index contributed by atoms with van der Waals surface area (Å²) in [4.78, 5) is 13.1. The standard InChI is InChI=1S/C34H46Cl2O6/c1-21(11-10-17-33(2,3)35)12-13-23-22(14-15-26(38-6)31(23)40-8)28-19-25(37)30-29(42-28)20-27(39-7)24(32(30)41-9)16-18-34(4,5)36/h12,14-15,20,28H,10-11,13,16-19H2,1-9H3/b21-12+/t28-/m0/s1. The number of ketones is 1. The third-order valence-electron chi connectivity index (χ3n) is 7.65. The van der Waals surface area contributed by atoms with Crippen LogP contribution in [0.1, 0.15) is 99.9 Å². The molecule has 0 saturated carbocycles. The molecule has 1 atom stereocenters. The van der Waals surface area contributed by atoms with Gasteiger partial charge in [0.15, 0.2) is 17.3 Å². The first-order chi connectivity index (χ1) is 19.7. The van der Waals surface area contributed by atoms with E-state index >= 15 is 0 Å². The van der Waals surface area contributed by atoms with Crippen LogP contribution in [0.3, 0.4) is 0 Å². The quantitative estimate of drug-likeness (QED) is 0.155. The summed E-state index contributed by atoms with van der Waals surface area (Å²) in [5.41, 5.74) is 4.32. The van der Waals surface area contributed by atoms with E-state index in [1.165, 1.54) is 5.57 Å². The number of methoxy groups -OCH3 is 4. The van der Waals surface area contributed by atoms with E-state index in [9.17, 15) is 4.79 Å². The molecule has 0 spiro atoms. The molecular formula is C34H46Cl2O6. The van der Waals surface area contributed by atoms with Gasteiger partial charge >= 0.3 is 0 Å². The van der Waals surface area contributed by atoms with Gasteiger partial charge in [0.25, 0.3) is 0 Å². The van der Waals surface area contributed by atoms with Gasteiger partial charge in [-0.1, -0.05) is 17.7 Å². The minimum absolute atomic E-state index is 0.0525. The zero-order valence-corrected chi connectivity index (χ0v) is 28.1. The lowest BCUT2D eigenvalue weighted by Crippen LogP contribution is -2.23. The van der Waals surface area contributed by atoms with E-state index in [4.69, 9.17) is 46.9 Å². The molecule has 8 heteroatoms. The van der Waals surface area contributed by atoms with E-state index in [1.54, 1.807) is 34.5 Å². The van der Waals surface area contributed by atoms with Crippen LogP contribution in [0.5, 0.6) is 28.7 Å². The molecule has 2 aromatic carbocycles. The molecule has 1 aliphatic heterocycles. The maximum Gasteiger partial charge on any atom is 0.174 e. The molecule has 0 radical (unpaired) electrons. The lowest BCUT2D eigenvalue weighted by Gasteiger charge is -2.30. The largest absolute Gasteiger partial charge is 0.496 e. The zero-order chi connectivity index (χ0) is 31.2. The van der Waals surface area contributed by atoms with E-state index < -0.39 is 11.0 Å². The van der Waals surface area contributed by atoms with Gasteiger partial charge in [0.05, 0.1) is 34.9 Å². The van der Waals surface area contributed by atoms with Crippen molar-refractivity contribution < 1.29 is 28.5 Å². The molecule has 232 valence electrons. The molecule has 42 heavy (non-hydrogen) atoms. The molecule has 6 nitrogen and oxygen atoms in total. The van der Waals surface area contributed by atoms with Crippen molar-refractivity contribution in [1.29, 1.82) is 0 Å². The number of hydrogen-bond acceptors (Lipinski definition) is 6. The Kier molecular flexibility index (Phi) is 11.5. The lowest BCUT2D eigenvalue weighted by atomic mass is 9.89. The number of hydrogen-bond donors (Lipinski definition) is 0. The summed E-state index contributed by atoms with van der Waals surface area (Å²) in [6, 6.07) is 5.61. The van der Waals surface area contributed by atoms with Gasteiger partial charge in [-0.15, -0.1) is 23.2 Å². The number of carbonyl (C=O) groups is 1. The molecule has 0 saturated heterocycles. The predicted octanol–water partition coefficient (Wildman–Crippen LogP) is 9.05. The highest BCUT2D eigenvalue weighted by Gasteiger charge is 2.35. The Morgan fingerprint density at radius 1 is 0.929 bits per heavy atom. The number of allylic oxidation sites excluding steroid dienone is 2. The second-order valence-corrected chi connectivity index (χ2v) is 14.2. The van der Waals surface area contributed by atoms with Crippen LogP contribution in [0.25, 0.3) is 0 Å². The summed E-state index contributed by atoms with van der Waals surface area (Å²) >= 11 is 12.9. The van der Waals surface area contributed by atoms with Crippen LogP contribution in [0.4, 0.5) is 0 Å². The number of alkyl halides is 2. The minimum atomic E-state index is -0.521. The fourth-order valence-corrected chi connectivity index (χ4v) is 5.63. The maximum absolute atomic E-state index is 13.8. The number of benzene rings is 2. The average molecular weight is 622 g/mol. The predicted molar refractivity (Wildman–Crippen MR) is 171 cm³/mol. The van der Waals surface area contributed by atoms with Gasteiger partial charge in [0.2, 0.25) is 0 Å². The summed E-state index contributed by atoms with van der Waals surface area (Å²) in [7, 11) is 6.42. The second-order valence-electron chi connectivity index (χ2n) is 12.1.